The van der Waals surface area contributed by atoms with Crippen LogP contribution in [0.1, 0.15) is 28.5 Å². The van der Waals surface area contributed by atoms with Crippen molar-refractivity contribution in [1.29, 1.82) is 0 Å². The topological polar surface area (TPSA) is 63.8 Å². The molecule has 2 aromatic heterocycles. The van der Waals surface area contributed by atoms with E-state index in [0.717, 1.165) is 51.4 Å². The number of aromatic nitrogens is 4. The van der Waals surface area contributed by atoms with Crippen molar-refractivity contribution in [2.75, 3.05) is 20.1 Å². The molecule has 0 spiro atoms. The van der Waals surface area contributed by atoms with Gasteiger partial charge in [-0.3, -0.25) is 10.00 Å². The highest BCUT2D eigenvalue weighted by atomic mass is 15.2. The maximum absolute atomic E-state index is 4.78. The van der Waals surface area contributed by atoms with E-state index in [1.54, 1.807) is 0 Å². The quantitative estimate of drug-likeness (QED) is 0.844. The summed E-state index contributed by atoms with van der Waals surface area (Å²) >= 11 is 0. The van der Waals surface area contributed by atoms with Gasteiger partial charge in [-0.15, -0.1) is 0 Å². The van der Waals surface area contributed by atoms with Gasteiger partial charge in [0, 0.05) is 56.0 Å². The average Bonchev–Trinajstić information content (AvgIpc) is 3.03. The van der Waals surface area contributed by atoms with E-state index in [1.165, 1.54) is 22.6 Å². The van der Waals surface area contributed by atoms with E-state index in [-0.39, 0.29) is 0 Å². The number of imidazole rings is 1. The van der Waals surface area contributed by atoms with E-state index in [1.807, 2.05) is 6.20 Å². The molecule has 0 saturated carbocycles. The molecule has 4 rings (SSSR count). The van der Waals surface area contributed by atoms with Gasteiger partial charge in [-0.2, -0.15) is 5.10 Å². The zero-order valence-electron chi connectivity index (χ0n) is 11.8. The predicted molar refractivity (Wildman–Crippen MR) is 75.0 cm³/mol. The maximum Gasteiger partial charge on any atom is 0.120 e. The second kappa shape index (κ2) is 4.71. The van der Waals surface area contributed by atoms with Gasteiger partial charge in [0.2, 0.25) is 0 Å². The molecule has 6 nitrogen and oxygen atoms in total. The molecule has 2 aliphatic rings. The molecule has 0 aromatic carbocycles. The summed E-state index contributed by atoms with van der Waals surface area (Å²) in [4.78, 5) is 13.1. The molecular formula is C14H20N6. The van der Waals surface area contributed by atoms with Crippen molar-refractivity contribution in [3.63, 3.8) is 0 Å². The first-order chi connectivity index (χ1) is 9.78. The number of fused-ring (bicyclic) bond motifs is 2. The molecule has 20 heavy (non-hydrogen) atoms. The zero-order chi connectivity index (χ0) is 13.5. The van der Waals surface area contributed by atoms with Crippen molar-refractivity contribution < 1.29 is 0 Å². The van der Waals surface area contributed by atoms with Gasteiger partial charge in [-0.1, -0.05) is 0 Å². The van der Waals surface area contributed by atoms with Gasteiger partial charge in [0.1, 0.15) is 5.82 Å². The Labute approximate surface area is 118 Å². The number of aromatic amines is 2. The van der Waals surface area contributed by atoms with Crippen molar-refractivity contribution in [2.45, 2.75) is 32.5 Å². The summed E-state index contributed by atoms with van der Waals surface area (Å²) in [5.74, 6) is 1.11. The van der Waals surface area contributed by atoms with E-state index in [4.69, 9.17) is 4.98 Å². The Morgan fingerprint density at radius 1 is 1.20 bits per heavy atom. The minimum absolute atomic E-state index is 0.904. The van der Waals surface area contributed by atoms with Crippen LogP contribution >= 0.6 is 0 Å². The first kappa shape index (κ1) is 12.1. The Hall–Kier alpha value is -1.66. The van der Waals surface area contributed by atoms with Crippen LogP contribution in [-0.2, 0) is 32.5 Å². The van der Waals surface area contributed by atoms with Crippen LogP contribution in [0, 0.1) is 0 Å². The molecule has 0 amide bonds. The lowest BCUT2D eigenvalue weighted by Gasteiger charge is -2.25. The minimum Gasteiger partial charge on any atom is -0.344 e. The van der Waals surface area contributed by atoms with Gasteiger partial charge in [0.05, 0.1) is 18.4 Å². The van der Waals surface area contributed by atoms with Crippen LogP contribution in [0.15, 0.2) is 6.20 Å². The van der Waals surface area contributed by atoms with Crippen molar-refractivity contribution in [3.8, 4) is 0 Å². The Morgan fingerprint density at radius 3 is 3.05 bits per heavy atom. The van der Waals surface area contributed by atoms with Gasteiger partial charge in [0.15, 0.2) is 0 Å². The predicted octanol–water partition coefficient (Wildman–Crippen LogP) is 0.679. The summed E-state index contributed by atoms with van der Waals surface area (Å²) in [7, 11) is 2.16. The Kier molecular flexibility index (Phi) is 2.85. The number of nitrogens with zero attached hydrogens (tertiary/aromatic N) is 4. The first-order valence-electron chi connectivity index (χ1n) is 7.26. The summed E-state index contributed by atoms with van der Waals surface area (Å²) in [6.07, 6.45) is 4.09. The fourth-order valence-corrected chi connectivity index (χ4v) is 3.18. The molecule has 0 saturated heterocycles. The summed E-state index contributed by atoms with van der Waals surface area (Å²) in [5, 5.41) is 7.21. The van der Waals surface area contributed by atoms with E-state index in [0.29, 0.717) is 0 Å². The highest BCUT2D eigenvalue weighted by Gasteiger charge is 2.21. The smallest absolute Gasteiger partial charge is 0.120 e. The van der Waals surface area contributed by atoms with Crippen molar-refractivity contribution >= 4 is 0 Å². The van der Waals surface area contributed by atoms with E-state index in [2.05, 4.69) is 32.0 Å². The first-order valence-corrected chi connectivity index (χ1v) is 7.26. The zero-order valence-corrected chi connectivity index (χ0v) is 11.8. The maximum atomic E-state index is 4.78. The molecule has 0 radical (unpaired) electrons. The van der Waals surface area contributed by atoms with Crippen LogP contribution in [0.5, 0.6) is 0 Å². The number of hydrogen-bond acceptors (Lipinski definition) is 4. The Morgan fingerprint density at radius 2 is 2.10 bits per heavy atom. The number of rotatable bonds is 2. The third-order valence-corrected chi connectivity index (χ3v) is 4.33. The molecule has 2 aliphatic heterocycles. The third kappa shape index (κ3) is 2.14. The number of nitrogens with one attached hydrogen (secondary N) is 2. The van der Waals surface area contributed by atoms with E-state index in [9.17, 15) is 0 Å². The molecule has 106 valence electrons. The summed E-state index contributed by atoms with van der Waals surface area (Å²) < 4.78 is 0. The van der Waals surface area contributed by atoms with Crippen LogP contribution in [0.2, 0.25) is 0 Å². The molecule has 4 heterocycles. The molecule has 2 aromatic rings. The molecule has 0 fully saturated rings. The van der Waals surface area contributed by atoms with Gasteiger partial charge in [-0.25, -0.2) is 4.98 Å². The van der Waals surface area contributed by atoms with Crippen LogP contribution in [0.25, 0.3) is 0 Å². The Balaban J connectivity index is 1.48. The van der Waals surface area contributed by atoms with Crippen LogP contribution in [0.3, 0.4) is 0 Å². The summed E-state index contributed by atoms with van der Waals surface area (Å²) in [5.41, 5.74) is 5.18. The van der Waals surface area contributed by atoms with Gasteiger partial charge < -0.3 is 9.88 Å². The lowest BCUT2D eigenvalue weighted by molar-refractivity contribution is 0.239. The summed E-state index contributed by atoms with van der Waals surface area (Å²) in [6.45, 7) is 5.04. The fraction of sp³-hybridized carbons (Fsp3) is 0.571. The van der Waals surface area contributed by atoms with Crippen LogP contribution in [-0.4, -0.2) is 50.1 Å². The molecule has 0 bridgehead atoms. The lowest BCUT2D eigenvalue weighted by Crippen LogP contribution is -2.30. The number of H-pyrrole nitrogens is 2. The van der Waals surface area contributed by atoms with Crippen molar-refractivity contribution in [3.05, 3.63) is 34.7 Å². The van der Waals surface area contributed by atoms with E-state index >= 15 is 0 Å². The van der Waals surface area contributed by atoms with E-state index < -0.39 is 0 Å². The monoisotopic (exact) mass is 272 g/mol. The van der Waals surface area contributed by atoms with Crippen LogP contribution in [0.4, 0.5) is 0 Å². The van der Waals surface area contributed by atoms with Gasteiger partial charge in [0.25, 0.3) is 0 Å². The number of hydrogen-bond donors (Lipinski definition) is 2. The fourth-order valence-electron chi connectivity index (χ4n) is 3.18. The molecule has 0 atom stereocenters. The van der Waals surface area contributed by atoms with Gasteiger partial charge in [-0.05, 0) is 7.05 Å². The average molecular weight is 272 g/mol. The summed E-state index contributed by atoms with van der Waals surface area (Å²) in [6, 6.07) is 0. The van der Waals surface area contributed by atoms with Crippen molar-refractivity contribution in [2.24, 2.45) is 0 Å². The molecule has 2 N–H and O–H groups in total. The lowest BCUT2D eigenvalue weighted by atomic mass is 10.1. The highest BCUT2D eigenvalue weighted by molar-refractivity contribution is 5.20. The molecule has 0 aliphatic carbocycles. The largest absolute Gasteiger partial charge is 0.344 e. The SMILES string of the molecule is CN1CCc2[nH]c(CN3CCc4[nH]ncc4C3)nc2C1. The second-order valence-electron chi connectivity index (χ2n) is 5.93. The molecule has 6 heteroatoms. The normalized spacial score (nSPS) is 19.9. The Bertz CT molecular complexity index is 613. The second-order valence-corrected chi connectivity index (χ2v) is 5.93. The van der Waals surface area contributed by atoms with Crippen LogP contribution < -0.4 is 0 Å². The minimum atomic E-state index is 0.904. The number of likely N-dealkylation sites (N-methyl/N-ethyl adjacent to an activating group) is 1. The molecule has 0 unspecified atom stereocenters. The van der Waals surface area contributed by atoms with Gasteiger partial charge >= 0.3 is 0 Å². The third-order valence-electron chi connectivity index (χ3n) is 4.33. The standard InChI is InChI=1S/C14H20N6/c1-19-4-2-12-13(8-19)17-14(16-12)9-20-5-3-11-10(7-20)6-15-18-11/h6H,2-5,7-9H2,1H3,(H,15,18)(H,16,17). The molecular weight excluding hydrogens is 252 g/mol. The highest BCUT2D eigenvalue weighted by Crippen LogP contribution is 2.20. The van der Waals surface area contributed by atoms with Crippen molar-refractivity contribution in [1.82, 2.24) is 30.0 Å².